The lowest BCUT2D eigenvalue weighted by Crippen LogP contribution is -2.15. The highest BCUT2D eigenvalue weighted by molar-refractivity contribution is 8.13. The second-order valence-corrected chi connectivity index (χ2v) is 7.65. The van der Waals surface area contributed by atoms with E-state index in [1.54, 1.807) is 6.92 Å². The highest BCUT2D eigenvalue weighted by atomic mass is 32.2. The zero-order valence-electron chi connectivity index (χ0n) is 19.7. The third-order valence-corrected chi connectivity index (χ3v) is 4.37. The molecule has 0 saturated heterocycles. The molecule has 0 unspecified atom stereocenters. The smallest absolute Gasteiger partial charge is 0.305 e. The van der Waals surface area contributed by atoms with Gasteiger partial charge in [0.25, 0.3) is 0 Å². The molecule has 0 aromatic rings. The Morgan fingerprint density at radius 2 is 0.788 bits per heavy atom. The molecule has 0 atom stereocenters. The third-order valence-electron chi connectivity index (χ3n) is 3.60. The Morgan fingerprint density at radius 3 is 1.06 bits per heavy atom. The number of hydrogen-bond donors (Lipinski definition) is 1. The first-order chi connectivity index (χ1) is 16.1. The number of carbonyl (C=O) groups excluding carboxylic acids is 1. The van der Waals surface area contributed by atoms with Crippen molar-refractivity contribution in [2.45, 2.75) is 13.3 Å². The Hall–Kier alpha value is -0.830. The number of carboxylic acid groups (broad SMARTS) is 1. The molecule has 0 radical (unpaired) electrons. The zero-order valence-corrected chi connectivity index (χ0v) is 20.5. The van der Waals surface area contributed by atoms with Crippen molar-refractivity contribution < 1.29 is 52.6 Å². The molecular weight excluding hydrogens is 460 g/mol. The van der Waals surface area contributed by atoms with Crippen LogP contribution >= 0.6 is 11.8 Å². The van der Waals surface area contributed by atoms with Gasteiger partial charge in [0.2, 0.25) is 0 Å². The van der Waals surface area contributed by atoms with Gasteiger partial charge in [-0.25, -0.2) is 0 Å². The molecule has 11 nitrogen and oxygen atoms in total. The van der Waals surface area contributed by atoms with Crippen LogP contribution in [0.15, 0.2) is 0 Å². The second kappa shape index (κ2) is 27.4. The Bertz CT molecular complexity index is 402. The van der Waals surface area contributed by atoms with Crippen molar-refractivity contribution in [1.29, 1.82) is 0 Å². The van der Waals surface area contributed by atoms with Crippen LogP contribution in [0.25, 0.3) is 0 Å². The number of carboxylic acids is 1. The van der Waals surface area contributed by atoms with Crippen molar-refractivity contribution >= 4 is 22.8 Å². The molecule has 0 fully saturated rings. The molecule has 0 aromatic carbocycles. The van der Waals surface area contributed by atoms with E-state index >= 15 is 0 Å². The standard InChI is InChI=1S/C21H40O11S/c1-20(22)33-19-18-32-17-16-31-15-14-30-13-12-29-11-10-28-9-8-27-7-6-26-5-4-25-3-2-21(23)24/h2-19H2,1H3,(H,23,24). The quantitative estimate of drug-likeness (QED) is 0.161. The molecule has 0 aliphatic heterocycles. The highest BCUT2D eigenvalue weighted by Crippen LogP contribution is 1.99. The van der Waals surface area contributed by atoms with Crippen molar-refractivity contribution in [3.8, 4) is 0 Å². The molecule has 0 saturated carbocycles. The summed E-state index contributed by atoms with van der Waals surface area (Å²) in [5.41, 5.74) is 0. The fourth-order valence-corrected chi connectivity index (χ4v) is 2.53. The minimum atomic E-state index is -0.873. The van der Waals surface area contributed by atoms with Gasteiger partial charge < -0.3 is 43.0 Å². The summed E-state index contributed by atoms with van der Waals surface area (Å²) in [7, 11) is 0. The number of thioether (sulfide) groups is 1. The van der Waals surface area contributed by atoms with Gasteiger partial charge in [0.05, 0.1) is 112 Å². The predicted molar refractivity (Wildman–Crippen MR) is 122 cm³/mol. The predicted octanol–water partition coefficient (Wildman–Crippen LogP) is 0.874. The second-order valence-electron chi connectivity index (χ2n) is 6.38. The fraction of sp³-hybridized carbons (Fsp3) is 0.905. The van der Waals surface area contributed by atoms with Crippen LogP contribution in [0.2, 0.25) is 0 Å². The average molecular weight is 501 g/mol. The highest BCUT2D eigenvalue weighted by Gasteiger charge is 1.97. The molecule has 196 valence electrons. The van der Waals surface area contributed by atoms with Crippen molar-refractivity contribution in [2.24, 2.45) is 0 Å². The SMILES string of the molecule is CC(=O)SCCOCCOCCOCCOCCOCCOCCOCCOCCC(=O)O. The van der Waals surface area contributed by atoms with Crippen LogP contribution in [0, 0.1) is 0 Å². The summed E-state index contributed by atoms with van der Waals surface area (Å²) in [6, 6.07) is 0. The maximum Gasteiger partial charge on any atom is 0.305 e. The molecule has 0 rings (SSSR count). The van der Waals surface area contributed by atoms with E-state index in [9.17, 15) is 9.59 Å². The first-order valence-corrected chi connectivity index (χ1v) is 12.1. The Labute approximate surface area is 200 Å². The molecule has 0 spiro atoms. The van der Waals surface area contributed by atoms with E-state index in [4.69, 9.17) is 43.0 Å². The fourth-order valence-electron chi connectivity index (χ4n) is 2.05. The van der Waals surface area contributed by atoms with Gasteiger partial charge in [0.1, 0.15) is 0 Å². The number of ether oxygens (including phenoxy) is 8. The number of aliphatic carboxylic acids is 1. The lowest BCUT2D eigenvalue weighted by molar-refractivity contribution is -0.138. The molecule has 0 heterocycles. The molecule has 0 aliphatic rings. The normalized spacial score (nSPS) is 11.2. The zero-order chi connectivity index (χ0) is 24.2. The molecule has 0 aliphatic carbocycles. The van der Waals surface area contributed by atoms with Crippen LogP contribution in [0.5, 0.6) is 0 Å². The van der Waals surface area contributed by atoms with Gasteiger partial charge >= 0.3 is 5.97 Å². The maximum absolute atomic E-state index is 10.7. The molecule has 1 N–H and O–H groups in total. The number of hydrogen-bond acceptors (Lipinski definition) is 11. The Kier molecular flexibility index (Phi) is 26.7. The van der Waals surface area contributed by atoms with E-state index in [1.807, 2.05) is 0 Å². The van der Waals surface area contributed by atoms with Crippen LogP contribution in [-0.2, 0) is 47.5 Å². The molecule has 33 heavy (non-hydrogen) atoms. The van der Waals surface area contributed by atoms with Gasteiger partial charge in [-0.2, -0.15) is 0 Å². The maximum atomic E-state index is 10.7. The van der Waals surface area contributed by atoms with Crippen molar-refractivity contribution in [3.05, 3.63) is 0 Å². The Morgan fingerprint density at radius 1 is 0.515 bits per heavy atom. The van der Waals surface area contributed by atoms with Gasteiger partial charge in [-0.05, 0) is 0 Å². The lowest BCUT2D eigenvalue weighted by Gasteiger charge is -2.08. The van der Waals surface area contributed by atoms with Crippen LogP contribution < -0.4 is 0 Å². The summed E-state index contributed by atoms with van der Waals surface area (Å²) < 4.78 is 42.6. The monoisotopic (exact) mass is 500 g/mol. The summed E-state index contributed by atoms with van der Waals surface area (Å²) in [6.45, 7) is 8.91. The van der Waals surface area contributed by atoms with E-state index in [1.165, 1.54) is 11.8 Å². The minimum Gasteiger partial charge on any atom is -0.481 e. The minimum absolute atomic E-state index is 0.00000910. The molecular formula is C21H40O11S. The first kappa shape index (κ1) is 32.2. The molecule has 0 bridgehead atoms. The topological polar surface area (TPSA) is 128 Å². The first-order valence-electron chi connectivity index (χ1n) is 11.1. The lowest BCUT2D eigenvalue weighted by atomic mass is 10.5. The van der Waals surface area contributed by atoms with Crippen molar-refractivity contribution in [3.63, 3.8) is 0 Å². The van der Waals surface area contributed by atoms with E-state index in [0.717, 1.165) is 0 Å². The van der Waals surface area contributed by atoms with Crippen LogP contribution in [0.3, 0.4) is 0 Å². The Balaban J connectivity index is 3.02. The summed E-state index contributed by atoms with van der Waals surface area (Å²) in [6.07, 6.45) is -0.00000910. The molecule has 12 heteroatoms. The number of rotatable bonds is 27. The van der Waals surface area contributed by atoms with Gasteiger partial charge in [-0.15, -0.1) is 0 Å². The van der Waals surface area contributed by atoms with Gasteiger partial charge in [0, 0.05) is 12.7 Å². The largest absolute Gasteiger partial charge is 0.481 e. The summed E-state index contributed by atoms with van der Waals surface area (Å²) in [4.78, 5) is 21.0. The van der Waals surface area contributed by atoms with Gasteiger partial charge in [-0.1, -0.05) is 11.8 Å². The molecule has 0 amide bonds. The summed E-state index contributed by atoms with van der Waals surface area (Å²) in [5.74, 6) is -0.203. The molecule has 0 aromatic heterocycles. The van der Waals surface area contributed by atoms with Crippen LogP contribution in [0.4, 0.5) is 0 Å². The van der Waals surface area contributed by atoms with Crippen molar-refractivity contribution in [2.75, 3.05) is 111 Å². The van der Waals surface area contributed by atoms with E-state index in [-0.39, 0.29) is 18.1 Å². The van der Waals surface area contributed by atoms with Gasteiger partial charge in [-0.3, -0.25) is 9.59 Å². The summed E-state index contributed by atoms with van der Waals surface area (Å²) >= 11 is 1.26. The van der Waals surface area contributed by atoms with E-state index in [2.05, 4.69) is 0 Å². The van der Waals surface area contributed by atoms with E-state index in [0.29, 0.717) is 105 Å². The third kappa shape index (κ3) is 31.2. The van der Waals surface area contributed by atoms with Crippen LogP contribution in [0.1, 0.15) is 13.3 Å². The van der Waals surface area contributed by atoms with Gasteiger partial charge in [0.15, 0.2) is 5.12 Å². The number of carbonyl (C=O) groups is 2. The summed E-state index contributed by atoms with van der Waals surface area (Å²) in [5, 5.41) is 8.55. The van der Waals surface area contributed by atoms with E-state index < -0.39 is 5.97 Å². The van der Waals surface area contributed by atoms with Crippen molar-refractivity contribution in [1.82, 2.24) is 0 Å². The van der Waals surface area contributed by atoms with Crippen LogP contribution in [-0.4, -0.2) is 128 Å². The average Bonchev–Trinajstić information content (AvgIpc) is 2.78.